The van der Waals surface area contributed by atoms with Crippen LogP contribution in [-0.4, -0.2) is 0 Å². The van der Waals surface area contributed by atoms with Crippen LogP contribution in [-0.2, 0) is 11.3 Å². The van der Waals surface area contributed by atoms with Gasteiger partial charge in [-0.15, -0.1) is 0 Å². The summed E-state index contributed by atoms with van der Waals surface area (Å²) in [5.74, 6) is -1.21. The Morgan fingerprint density at radius 2 is 1.87 bits per heavy atom. The first-order chi connectivity index (χ1) is 7.00. The molecule has 1 aromatic rings. The van der Waals surface area contributed by atoms with Gasteiger partial charge in [0.15, 0.2) is 0 Å². The minimum absolute atomic E-state index is 0.0595. The molecule has 0 amide bonds. The van der Waals surface area contributed by atoms with Gasteiger partial charge in [-0.2, -0.15) is 0 Å². The number of hydrogen-bond acceptors (Lipinski definition) is 1. The zero-order valence-electron chi connectivity index (χ0n) is 8.48. The summed E-state index contributed by atoms with van der Waals surface area (Å²) in [5.41, 5.74) is 0.878. The van der Waals surface area contributed by atoms with E-state index in [1.54, 1.807) is 0 Å². The molecule has 0 N–H and O–H groups in total. The SMILES string of the molecule is CC(C)=COCc1c(F)cc(Br)cc1F. The third kappa shape index (κ3) is 3.63. The minimum atomic E-state index is -0.607. The molecule has 0 saturated carbocycles. The molecular formula is C11H11BrF2O. The average molecular weight is 277 g/mol. The number of rotatable bonds is 3. The van der Waals surface area contributed by atoms with Crippen LogP contribution in [0.25, 0.3) is 0 Å². The summed E-state index contributed by atoms with van der Waals surface area (Å²) in [4.78, 5) is 0. The molecule has 82 valence electrons. The number of allylic oxidation sites excluding steroid dienone is 1. The van der Waals surface area contributed by atoms with E-state index in [9.17, 15) is 8.78 Å². The molecule has 0 aliphatic carbocycles. The van der Waals surface area contributed by atoms with E-state index in [-0.39, 0.29) is 12.2 Å². The van der Waals surface area contributed by atoms with E-state index in [4.69, 9.17) is 4.74 Å². The van der Waals surface area contributed by atoms with Gasteiger partial charge in [0.2, 0.25) is 0 Å². The lowest BCUT2D eigenvalue weighted by Crippen LogP contribution is -1.97. The first kappa shape index (κ1) is 12.2. The Hall–Kier alpha value is -0.900. The summed E-state index contributed by atoms with van der Waals surface area (Å²) >= 11 is 3.01. The predicted octanol–water partition coefficient (Wildman–Crippen LogP) is 4.17. The molecule has 0 aliphatic rings. The quantitative estimate of drug-likeness (QED) is 0.753. The highest BCUT2D eigenvalue weighted by Gasteiger charge is 2.10. The summed E-state index contributed by atoms with van der Waals surface area (Å²) in [5, 5.41) is 0. The van der Waals surface area contributed by atoms with Crippen LogP contribution in [0.4, 0.5) is 8.78 Å². The van der Waals surface area contributed by atoms with E-state index in [0.717, 1.165) is 5.57 Å². The van der Waals surface area contributed by atoms with Crippen molar-refractivity contribution in [3.05, 3.63) is 45.6 Å². The topological polar surface area (TPSA) is 9.23 Å². The maximum atomic E-state index is 13.3. The number of hydrogen-bond donors (Lipinski definition) is 0. The molecule has 0 aliphatic heterocycles. The fourth-order valence-electron chi connectivity index (χ4n) is 1.00. The van der Waals surface area contributed by atoms with E-state index >= 15 is 0 Å². The van der Waals surface area contributed by atoms with Crippen molar-refractivity contribution >= 4 is 15.9 Å². The van der Waals surface area contributed by atoms with Gasteiger partial charge in [-0.3, -0.25) is 0 Å². The average Bonchev–Trinajstić information content (AvgIpc) is 2.08. The third-order valence-electron chi connectivity index (χ3n) is 1.65. The first-order valence-corrected chi connectivity index (χ1v) is 5.18. The molecule has 0 bridgehead atoms. The fourth-order valence-corrected chi connectivity index (χ4v) is 1.40. The maximum absolute atomic E-state index is 13.3. The van der Waals surface area contributed by atoms with Gasteiger partial charge in [0.25, 0.3) is 0 Å². The largest absolute Gasteiger partial charge is 0.496 e. The Bertz CT molecular complexity index is 361. The van der Waals surface area contributed by atoms with Gasteiger partial charge in [0, 0.05) is 4.47 Å². The van der Waals surface area contributed by atoms with Gasteiger partial charge < -0.3 is 4.74 Å². The minimum Gasteiger partial charge on any atom is -0.496 e. The highest BCUT2D eigenvalue weighted by atomic mass is 79.9. The van der Waals surface area contributed by atoms with Crippen molar-refractivity contribution in [1.82, 2.24) is 0 Å². The van der Waals surface area contributed by atoms with E-state index in [0.29, 0.717) is 4.47 Å². The van der Waals surface area contributed by atoms with Gasteiger partial charge in [-0.1, -0.05) is 15.9 Å². The summed E-state index contributed by atoms with van der Waals surface area (Å²) in [6, 6.07) is 2.43. The molecular weight excluding hydrogens is 266 g/mol. The standard InChI is InChI=1S/C11H11BrF2O/c1-7(2)5-15-6-9-10(13)3-8(12)4-11(9)14/h3-5H,6H2,1-2H3. The first-order valence-electron chi connectivity index (χ1n) is 4.39. The molecule has 0 saturated heterocycles. The van der Waals surface area contributed by atoms with Crippen molar-refractivity contribution in [3.63, 3.8) is 0 Å². The third-order valence-corrected chi connectivity index (χ3v) is 2.11. The molecule has 1 rings (SSSR count). The Kier molecular flexibility index (Phi) is 4.27. The monoisotopic (exact) mass is 276 g/mol. The van der Waals surface area contributed by atoms with Gasteiger partial charge in [-0.05, 0) is 31.6 Å². The van der Waals surface area contributed by atoms with Crippen molar-refractivity contribution in [2.75, 3.05) is 0 Å². The van der Waals surface area contributed by atoms with Gasteiger partial charge in [0.05, 0.1) is 11.8 Å². The van der Waals surface area contributed by atoms with Crippen LogP contribution in [0.3, 0.4) is 0 Å². The van der Waals surface area contributed by atoms with Gasteiger partial charge in [0.1, 0.15) is 18.2 Å². The second kappa shape index (κ2) is 5.26. The molecule has 4 heteroatoms. The van der Waals surface area contributed by atoms with Crippen molar-refractivity contribution in [3.8, 4) is 0 Å². The predicted molar refractivity (Wildman–Crippen MR) is 58.3 cm³/mol. The lowest BCUT2D eigenvalue weighted by molar-refractivity contribution is 0.224. The molecule has 0 unspecified atom stereocenters. The van der Waals surface area contributed by atoms with Gasteiger partial charge in [-0.25, -0.2) is 8.78 Å². The van der Waals surface area contributed by atoms with E-state index < -0.39 is 11.6 Å². The lowest BCUT2D eigenvalue weighted by Gasteiger charge is -2.05. The summed E-state index contributed by atoms with van der Waals surface area (Å²) in [6.07, 6.45) is 1.47. The van der Waals surface area contributed by atoms with Crippen LogP contribution in [0.15, 0.2) is 28.4 Å². The summed E-state index contributed by atoms with van der Waals surface area (Å²) < 4.78 is 31.9. The van der Waals surface area contributed by atoms with Crippen LogP contribution in [0.5, 0.6) is 0 Å². The van der Waals surface area contributed by atoms with Crippen LogP contribution < -0.4 is 0 Å². The van der Waals surface area contributed by atoms with Crippen molar-refractivity contribution in [2.24, 2.45) is 0 Å². The Labute approximate surface area is 95.9 Å². The molecule has 0 radical (unpaired) electrons. The normalized spacial score (nSPS) is 9.93. The van der Waals surface area contributed by atoms with Crippen LogP contribution in [0, 0.1) is 11.6 Å². The number of ether oxygens (including phenoxy) is 1. The molecule has 0 fully saturated rings. The molecule has 0 heterocycles. The van der Waals surface area contributed by atoms with Crippen molar-refractivity contribution in [1.29, 1.82) is 0 Å². The Balaban J connectivity index is 2.81. The van der Waals surface area contributed by atoms with E-state index in [1.165, 1.54) is 18.4 Å². The summed E-state index contributed by atoms with van der Waals surface area (Å²) in [6.45, 7) is 3.58. The number of benzene rings is 1. The van der Waals surface area contributed by atoms with Crippen molar-refractivity contribution in [2.45, 2.75) is 20.5 Å². The maximum Gasteiger partial charge on any atom is 0.133 e. The zero-order chi connectivity index (χ0) is 11.4. The number of halogens is 3. The van der Waals surface area contributed by atoms with Gasteiger partial charge >= 0.3 is 0 Å². The molecule has 0 aromatic heterocycles. The Morgan fingerprint density at radius 1 is 1.33 bits per heavy atom. The molecule has 0 atom stereocenters. The highest BCUT2D eigenvalue weighted by molar-refractivity contribution is 9.10. The molecule has 1 nitrogen and oxygen atoms in total. The summed E-state index contributed by atoms with van der Waals surface area (Å²) in [7, 11) is 0. The zero-order valence-corrected chi connectivity index (χ0v) is 10.1. The van der Waals surface area contributed by atoms with E-state index in [1.807, 2.05) is 13.8 Å². The Morgan fingerprint density at radius 3 is 2.33 bits per heavy atom. The van der Waals surface area contributed by atoms with Crippen LogP contribution >= 0.6 is 15.9 Å². The highest BCUT2D eigenvalue weighted by Crippen LogP contribution is 2.20. The smallest absolute Gasteiger partial charge is 0.133 e. The molecule has 1 aromatic carbocycles. The fraction of sp³-hybridized carbons (Fsp3) is 0.273. The van der Waals surface area contributed by atoms with E-state index in [2.05, 4.69) is 15.9 Å². The molecule has 0 spiro atoms. The van der Waals surface area contributed by atoms with Crippen LogP contribution in [0.2, 0.25) is 0 Å². The lowest BCUT2D eigenvalue weighted by atomic mass is 10.2. The molecule has 15 heavy (non-hydrogen) atoms. The van der Waals surface area contributed by atoms with Crippen LogP contribution in [0.1, 0.15) is 19.4 Å². The van der Waals surface area contributed by atoms with Crippen molar-refractivity contribution < 1.29 is 13.5 Å². The second-order valence-electron chi connectivity index (χ2n) is 3.35. The second-order valence-corrected chi connectivity index (χ2v) is 4.27.